The number of aliphatic carboxylic acids is 1. The molecule has 1 unspecified atom stereocenters. The van der Waals surface area contributed by atoms with Crippen molar-refractivity contribution in [2.24, 2.45) is 5.92 Å². The number of hydrogen-bond acceptors (Lipinski definition) is 4. The predicted octanol–water partition coefficient (Wildman–Crippen LogP) is 1.24. The van der Waals surface area contributed by atoms with Crippen molar-refractivity contribution in [3.05, 3.63) is 22.7 Å². The van der Waals surface area contributed by atoms with E-state index in [1.807, 2.05) is 0 Å². The molecule has 0 bridgehead atoms. The van der Waals surface area contributed by atoms with E-state index >= 15 is 0 Å². The van der Waals surface area contributed by atoms with Crippen LogP contribution in [0.25, 0.3) is 0 Å². The first-order valence-corrected chi connectivity index (χ1v) is 6.61. The number of carboxylic acids is 1. The number of carbonyl (C=O) groups is 1. The number of aromatic nitrogens is 2. The molecule has 1 heterocycles. The third kappa shape index (κ3) is 2.11. The number of hydrogen-bond donors (Lipinski definition) is 2. The molecule has 19 heavy (non-hydrogen) atoms. The van der Waals surface area contributed by atoms with Gasteiger partial charge < -0.3 is 15.0 Å². The fourth-order valence-corrected chi connectivity index (χ4v) is 2.39. The van der Waals surface area contributed by atoms with Gasteiger partial charge in [-0.15, -0.1) is 0 Å². The molecule has 102 valence electrons. The lowest BCUT2D eigenvalue weighted by Crippen LogP contribution is -2.47. The normalized spacial score (nSPS) is 21.7. The van der Waals surface area contributed by atoms with Gasteiger partial charge in [-0.3, -0.25) is 4.79 Å². The van der Waals surface area contributed by atoms with E-state index in [1.165, 1.54) is 0 Å². The van der Waals surface area contributed by atoms with E-state index in [1.54, 1.807) is 23.9 Å². The fourth-order valence-electron chi connectivity index (χ4n) is 2.39. The molecule has 3 rings (SSSR count). The minimum Gasteiger partial charge on any atom is -0.480 e. The molecule has 6 nitrogen and oxygen atoms in total. The number of nitrogens with one attached hydrogen (secondary N) is 1. The highest BCUT2D eigenvalue weighted by Gasteiger charge is 2.48. The van der Waals surface area contributed by atoms with Crippen LogP contribution in [0.3, 0.4) is 0 Å². The Morgan fingerprint density at radius 1 is 1.47 bits per heavy atom. The van der Waals surface area contributed by atoms with Crippen molar-refractivity contribution in [2.75, 3.05) is 5.32 Å². The molecule has 0 amide bonds. The van der Waals surface area contributed by atoms with E-state index in [0.717, 1.165) is 25.7 Å². The zero-order valence-electron chi connectivity index (χ0n) is 10.8. The molecule has 2 aliphatic carbocycles. The summed E-state index contributed by atoms with van der Waals surface area (Å²) < 4.78 is 1.64. The smallest absolute Gasteiger partial charge is 0.329 e. The van der Waals surface area contributed by atoms with E-state index in [4.69, 9.17) is 0 Å². The first kappa shape index (κ1) is 12.2. The largest absolute Gasteiger partial charge is 0.480 e. The van der Waals surface area contributed by atoms with Crippen LogP contribution in [0.2, 0.25) is 0 Å². The Morgan fingerprint density at radius 2 is 2.16 bits per heavy atom. The summed E-state index contributed by atoms with van der Waals surface area (Å²) in [5, 5.41) is 12.3. The van der Waals surface area contributed by atoms with Gasteiger partial charge in [0.2, 0.25) is 0 Å². The molecule has 0 aliphatic heterocycles. The van der Waals surface area contributed by atoms with Crippen LogP contribution in [-0.2, 0) is 4.79 Å². The molecule has 0 aromatic carbocycles. The van der Waals surface area contributed by atoms with Crippen molar-refractivity contribution in [1.29, 1.82) is 0 Å². The van der Waals surface area contributed by atoms with Gasteiger partial charge in [0.05, 0.1) is 0 Å². The topological polar surface area (TPSA) is 84.2 Å². The monoisotopic (exact) mass is 263 g/mol. The second-order valence-corrected chi connectivity index (χ2v) is 5.63. The van der Waals surface area contributed by atoms with Gasteiger partial charge in [0.25, 0.3) is 5.56 Å². The van der Waals surface area contributed by atoms with Gasteiger partial charge in [0.1, 0.15) is 5.54 Å². The third-order valence-electron chi connectivity index (χ3n) is 4.02. The Labute approximate surface area is 110 Å². The average molecular weight is 263 g/mol. The molecule has 1 aromatic heterocycles. The lowest BCUT2D eigenvalue weighted by atomic mass is 9.96. The van der Waals surface area contributed by atoms with E-state index in [0.29, 0.717) is 0 Å². The Balaban J connectivity index is 1.92. The molecule has 2 N–H and O–H groups in total. The predicted molar refractivity (Wildman–Crippen MR) is 69.2 cm³/mol. The maximum absolute atomic E-state index is 12.2. The van der Waals surface area contributed by atoms with Crippen molar-refractivity contribution in [1.82, 2.24) is 9.55 Å². The lowest BCUT2D eigenvalue weighted by molar-refractivity contribution is -0.142. The summed E-state index contributed by atoms with van der Waals surface area (Å²) in [6, 6.07) is 0.257. The van der Waals surface area contributed by atoms with E-state index in [2.05, 4.69) is 10.3 Å². The molecule has 0 saturated heterocycles. The van der Waals surface area contributed by atoms with Crippen LogP contribution in [0.4, 0.5) is 5.82 Å². The molecule has 6 heteroatoms. The molecule has 1 atom stereocenters. The van der Waals surface area contributed by atoms with Crippen LogP contribution in [0.15, 0.2) is 17.2 Å². The molecular weight excluding hydrogens is 246 g/mol. The minimum atomic E-state index is -1.10. The van der Waals surface area contributed by atoms with Gasteiger partial charge in [-0.1, -0.05) is 0 Å². The highest BCUT2D eigenvalue weighted by atomic mass is 16.4. The minimum absolute atomic E-state index is 0.0702. The molecule has 0 radical (unpaired) electrons. The van der Waals surface area contributed by atoms with Crippen LogP contribution in [0, 0.1) is 5.92 Å². The van der Waals surface area contributed by atoms with Crippen LogP contribution >= 0.6 is 0 Å². The van der Waals surface area contributed by atoms with Crippen molar-refractivity contribution >= 4 is 11.8 Å². The number of rotatable bonds is 5. The zero-order valence-corrected chi connectivity index (χ0v) is 10.8. The van der Waals surface area contributed by atoms with E-state index in [9.17, 15) is 14.7 Å². The number of anilines is 1. The highest BCUT2D eigenvalue weighted by Crippen LogP contribution is 2.41. The summed E-state index contributed by atoms with van der Waals surface area (Å²) in [6.45, 7) is 1.63. The quantitative estimate of drug-likeness (QED) is 0.835. The molecule has 0 spiro atoms. The molecule has 2 aliphatic rings. The summed E-state index contributed by atoms with van der Waals surface area (Å²) in [6.07, 6.45) is 6.97. The lowest BCUT2D eigenvalue weighted by Gasteiger charge is -2.26. The summed E-state index contributed by atoms with van der Waals surface area (Å²) >= 11 is 0. The average Bonchev–Trinajstić information content (AvgIpc) is 3.24. The second kappa shape index (κ2) is 4.08. The SMILES string of the molecule is CC(Nc1nccn(C2CC2)c1=O)(C(=O)O)C1CC1. The molecule has 1 aromatic rings. The first-order chi connectivity index (χ1) is 9.02. The van der Waals surface area contributed by atoms with Crippen molar-refractivity contribution < 1.29 is 9.90 Å². The zero-order chi connectivity index (χ0) is 13.6. The summed E-state index contributed by atoms with van der Waals surface area (Å²) in [5.74, 6) is -0.718. The van der Waals surface area contributed by atoms with Crippen molar-refractivity contribution in [3.8, 4) is 0 Å². The fraction of sp³-hybridized carbons (Fsp3) is 0.615. The maximum Gasteiger partial charge on any atom is 0.329 e. The first-order valence-electron chi connectivity index (χ1n) is 6.61. The summed E-state index contributed by atoms with van der Waals surface area (Å²) in [7, 11) is 0. The highest BCUT2D eigenvalue weighted by molar-refractivity contribution is 5.82. The number of carboxylic acid groups (broad SMARTS) is 1. The van der Waals surface area contributed by atoms with E-state index in [-0.39, 0.29) is 23.3 Å². The van der Waals surface area contributed by atoms with Crippen LogP contribution in [0.1, 0.15) is 38.6 Å². The van der Waals surface area contributed by atoms with Gasteiger partial charge in [-0.05, 0) is 38.5 Å². The Morgan fingerprint density at radius 3 is 2.68 bits per heavy atom. The maximum atomic E-state index is 12.2. The summed E-state index contributed by atoms with van der Waals surface area (Å²) in [5.41, 5.74) is -1.33. The molecular formula is C13H17N3O3. The van der Waals surface area contributed by atoms with Gasteiger partial charge in [-0.2, -0.15) is 0 Å². The van der Waals surface area contributed by atoms with Gasteiger partial charge >= 0.3 is 5.97 Å². The van der Waals surface area contributed by atoms with Crippen LogP contribution in [0.5, 0.6) is 0 Å². The van der Waals surface area contributed by atoms with Gasteiger partial charge in [-0.25, -0.2) is 9.78 Å². The van der Waals surface area contributed by atoms with Crippen molar-refractivity contribution in [3.63, 3.8) is 0 Å². The van der Waals surface area contributed by atoms with Crippen LogP contribution < -0.4 is 10.9 Å². The Hall–Kier alpha value is -1.85. The standard InChI is InChI=1S/C13H17N3O3/c1-13(12(18)19,8-2-3-8)15-10-11(17)16(7-6-14-10)9-4-5-9/h6-9H,2-5H2,1H3,(H,14,15)(H,18,19). The molecule has 2 fully saturated rings. The Bertz CT molecular complexity index is 575. The van der Waals surface area contributed by atoms with E-state index < -0.39 is 11.5 Å². The molecule has 2 saturated carbocycles. The Kier molecular flexibility index (Phi) is 2.62. The van der Waals surface area contributed by atoms with Gasteiger partial charge in [0.15, 0.2) is 5.82 Å². The second-order valence-electron chi connectivity index (χ2n) is 5.63. The van der Waals surface area contributed by atoms with Crippen LogP contribution in [-0.4, -0.2) is 26.2 Å². The summed E-state index contributed by atoms with van der Waals surface area (Å²) in [4.78, 5) is 27.7. The third-order valence-corrected chi connectivity index (χ3v) is 4.02. The van der Waals surface area contributed by atoms with Crippen molar-refractivity contribution in [2.45, 2.75) is 44.2 Å². The van der Waals surface area contributed by atoms with Gasteiger partial charge in [0, 0.05) is 18.4 Å². The number of nitrogens with zero attached hydrogens (tertiary/aromatic N) is 2.